The molecule has 2 aliphatic carbocycles. The standard InChI is InChI=1S/C18H28N2/c1-12(2)15-8-6-13(3)11-17(15)20-16-9-7-14-5-4-10-19-18(14)16/h4-5,10,12-13,15-17,20H,6-9,11H2,1-3H3. The average Bonchev–Trinajstić information content (AvgIpc) is 2.82. The summed E-state index contributed by atoms with van der Waals surface area (Å²) in [5, 5.41) is 3.97. The fourth-order valence-corrected chi connectivity index (χ4v) is 4.23. The van der Waals surface area contributed by atoms with E-state index in [1.807, 2.05) is 6.20 Å². The summed E-state index contributed by atoms with van der Waals surface area (Å²) in [6.45, 7) is 7.18. The van der Waals surface area contributed by atoms with Crippen molar-refractivity contribution in [3.63, 3.8) is 0 Å². The summed E-state index contributed by atoms with van der Waals surface area (Å²) >= 11 is 0. The fraction of sp³-hybridized carbons (Fsp3) is 0.722. The molecule has 1 aromatic heterocycles. The highest BCUT2D eigenvalue weighted by atomic mass is 15.0. The zero-order valence-corrected chi connectivity index (χ0v) is 13.1. The molecule has 110 valence electrons. The van der Waals surface area contributed by atoms with Gasteiger partial charge in [-0.25, -0.2) is 0 Å². The van der Waals surface area contributed by atoms with Crippen LogP contribution in [-0.4, -0.2) is 11.0 Å². The molecule has 1 aromatic rings. The molecule has 1 saturated carbocycles. The van der Waals surface area contributed by atoms with Gasteiger partial charge in [-0.05, 0) is 55.1 Å². The molecule has 1 heterocycles. The number of hydrogen-bond donors (Lipinski definition) is 1. The first kappa shape index (κ1) is 14.1. The summed E-state index contributed by atoms with van der Waals surface area (Å²) in [5.74, 6) is 2.48. The van der Waals surface area contributed by atoms with Crippen molar-refractivity contribution in [3.05, 3.63) is 29.6 Å². The van der Waals surface area contributed by atoms with E-state index in [1.165, 1.54) is 43.4 Å². The Morgan fingerprint density at radius 2 is 2.10 bits per heavy atom. The van der Waals surface area contributed by atoms with Crippen molar-refractivity contribution >= 4 is 0 Å². The lowest BCUT2D eigenvalue weighted by atomic mass is 9.74. The molecule has 4 unspecified atom stereocenters. The van der Waals surface area contributed by atoms with E-state index in [0.717, 1.165) is 17.8 Å². The van der Waals surface area contributed by atoms with Gasteiger partial charge in [0.25, 0.3) is 0 Å². The predicted octanol–water partition coefficient (Wildman–Crippen LogP) is 4.12. The van der Waals surface area contributed by atoms with E-state index < -0.39 is 0 Å². The van der Waals surface area contributed by atoms with Crippen LogP contribution < -0.4 is 5.32 Å². The van der Waals surface area contributed by atoms with E-state index in [0.29, 0.717) is 12.1 Å². The summed E-state index contributed by atoms with van der Waals surface area (Å²) in [4.78, 5) is 4.63. The number of hydrogen-bond acceptors (Lipinski definition) is 2. The van der Waals surface area contributed by atoms with Crippen molar-refractivity contribution in [2.45, 2.75) is 65.0 Å². The quantitative estimate of drug-likeness (QED) is 0.895. The summed E-state index contributed by atoms with van der Waals surface area (Å²) in [6, 6.07) is 5.48. The minimum Gasteiger partial charge on any atom is -0.306 e. The minimum absolute atomic E-state index is 0.489. The summed E-state index contributed by atoms with van der Waals surface area (Å²) in [7, 11) is 0. The Balaban J connectivity index is 1.73. The largest absolute Gasteiger partial charge is 0.306 e. The lowest BCUT2D eigenvalue weighted by Gasteiger charge is -2.39. The molecule has 0 spiro atoms. The average molecular weight is 272 g/mol. The van der Waals surface area contributed by atoms with Crippen molar-refractivity contribution in [3.8, 4) is 0 Å². The SMILES string of the molecule is CC1CCC(C(C)C)C(NC2CCc3cccnc32)C1. The molecule has 2 heteroatoms. The molecule has 1 N–H and O–H groups in total. The maximum absolute atomic E-state index is 4.63. The van der Waals surface area contributed by atoms with Crippen LogP contribution in [0.2, 0.25) is 0 Å². The molecule has 0 aliphatic heterocycles. The van der Waals surface area contributed by atoms with Crippen molar-refractivity contribution in [1.29, 1.82) is 0 Å². The van der Waals surface area contributed by atoms with E-state index in [4.69, 9.17) is 0 Å². The molecule has 0 bridgehead atoms. The van der Waals surface area contributed by atoms with Gasteiger partial charge in [-0.15, -0.1) is 0 Å². The van der Waals surface area contributed by atoms with E-state index in [2.05, 4.69) is 43.2 Å². The van der Waals surface area contributed by atoms with Crippen molar-refractivity contribution in [2.24, 2.45) is 17.8 Å². The molecule has 20 heavy (non-hydrogen) atoms. The molecular weight excluding hydrogens is 244 g/mol. The van der Waals surface area contributed by atoms with E-state index >= 15 is 0 Å². The van der Waals surface area contributed by atoms with E-state index in [1.54, 1.807) is 0 Å². The number of aromatic nitrogens is 1. The third kappa shape index (κ3) is 2.76. The topological polar surface area (TPSA) is 24.9 Å². The van der Waals surface area contributed by atoms with E-state index in [-0.39, 0.29) is 0 Å². The lowest BCUT2D eigenvalue weighted by molar-refractivity contribution is 0.158. The number of fused-ring (bicyclic) bond motifs is 1. The minimum atomic E-state index is 0.489. The van der Waals surface area contributed by atoms with Gasteiger partial charge in [0, 0.05) is 12.2 Å². The van der Waals surface area contributed by atoms with Gasteiger partial charge in [0.15, 0.2) is 0 Å². The maximum atomic E-state index is 4.63. The Morgan fingerprint density at radius 1 is 1.25 bits per heavy atom. The van der Waals surface area contributed by atoms with Crippen LogP contribution in [0.1, 0.15) is 63.8 Å². The van der Waals surface area contributed by atoms with Gasteiger partial charge in [-0.3, -0.25) is 4.98 Å². The fourth-order valence-electron chi connectivity index (χ4n) is 4.23. The second-order valence-electron chi connectivity index (χ2n) is 7.24. The van der Waals surface area contributed by atoms with Crippen LogP contribution in [0.25, 0.3) is 0 Å². The third-order valence-electron chi connectivity index (χ3n) is 5.40. The third-order valence-corrected chi connectivity index (χ3v) is 5.40. The Kier molecular flexibility index (Phi) is 4.11. The second kappa shape index (κ2) is 5.85. The summed E-state index contributed by atoms with van der Waals surface area (Å²) in [5.41, 5.74) is 2.77. The van der Waals surface area contributed by atoms with Gasteiger partial charge < -0.3 is 5.32 Å². The first-order valence-corrected chi connectivity index (χ1v) is 8.35. The van der Waals surface area contributed by atoms with Gasteiger partial charge in [0.1, 0.15) is 0 Å². The Bertz CT molecular complexity index is 454. The van der Waals surface area contributed by atoms with Gasteiger partial charge in [-0.2, -0.15) is 0 Å². The maximum Gasteiger partial charge on any atom is 0.0605 e. The van der Waals surface area contributed by atoms with Crippen LogP contribution in [-0.2, 0) is 6.42 Å². The Labute approximate surface area is 123 Å². The van der Waals surface area contributed by atoms with Crippen LogP contribution in [0.5, 0.6) is 0 Å². The molecule has 1 fully saturated rings. The first-order chi connectivity index (χ1) is 9.65. The monoisotopic (exact) mass is 272 g/mol. The van der Waals surface area contributed by atoms with Gasteiger partial charge >= 0.3 is 0 Å². The van der Waals surface area contributed by atoms with Crippen LogP contribution in [0.3, 0.4) is 0 Å². The Hall–Kier alpha value is -0.890. The molecule has 0 saturated heterocycles. The number of pyridine rings is 1. The lowest BCUT2D eigenvalue weighted by Crippen LogP contribution is -2.44. The van der Waals surface area contributed by atoms with Gasteiger partial charge in [0.05, 0.1) is 11.7 Å². The highest BCUT2D eigenvalue weighted by Gasteiger charge is 2.34. The Morgan fingerprint density at radius 3 is 2.90 bits per heavy atom. The normalized spacial score (nSPS) is 33.4. The second-order valence-corrected chi connectivity index (χ2v) is 7.24. The molecule has 0 radical (unpaired) electrons. The van der Waals surface area contributed by atoms with Gasteiger partial charge in [0.2, 0.25) is 0 Å². The van der Waals surface area contributed by atoms with Crippen molar-refractivity contribution in [2.75, 3.05) is 0 Å². The molecule has 2 nitrogen and oxygen atoms in total. The number of rotatable bonds is 3. The highest BCUT2D eigenvalue weighted by molar-refractivity contribution is 5.28. The molecule has 4 atom stereocenters. The molecule has 0 aromatic carbocycles. The zero-order chi connectivity index (χ0) is 14.1. The highest BCUT2D eigenvalue weighted by Crippen LogP contribution is 2.37. The smallest absolute Gasteiger partial charge is 0.0605 e. The molecular formula is C18H28N2. The van der Waals surface area contributed by atoms with Crippen LogP contribution in [0, 0.1) is 17.8 Å². The molecule has 3 rings (SSSR count). The van der Waals surface area contributed by atoms with Gasteiger partial charge in [-0.1, -0.05) is 33.3 Å². The summed E-state index contributed by atoms with van der Waals surface area (Å²) in [6.07, 6.45) is 8.49. The zero-order valence-electron chi connectivity index (χ0n) is 13.1. The molecule has 2 aliphatic rings. The van der Waals surface area contributed by atoms with Crippen LogP contribution in [0.4, 0.5) is 0 Å². The number of nitrogens with one attached hydrogen (secondary N) is 1. The van der Waals surface area contributed by atoms with Crippen LogP contribution >= 0.6 is 0 Å². The first-order valence-electron chi connectivity index (χ1n) is 8.35. The number of nitrogens with zero attached hydrogens (tertiary/aromatic N) is 1. The predicted molar refractivity (Wildman–Crippen MR) is 83.6 cm³/mol. The number of aryl methyl sites for hydroxylation is 1. The van der Waals surface area contributed by atoms with Crippen molar-refractivity contribution < 1.29 is 0 Å². The summed E-state index contributed by atoms with van der Waals surface area (Å²) < 4.78 is 0. The van der Waals surface area contributed by atoms with Crippen LogP contribution in [0.15, 0.2) is 18.3 Å². The van der Waals surface area contributed by atoms with E-state index in [9.17, 15) is 0 Å². The van der Waals surface area contributed by atoms with Crippen molar-refractivity contribution in [1.82, 2.24) is 10.3 Å². The molecule has 0 amide bonds.